The maximum atomic E-state index is 13.3. The van der Waals surface area contributed by atoms with Crippen LogP contribution in [0.1, 0.15) is 10.5 Å². The van der Waals surface area contributed by atoms with Crippen LogP contribution in [0.4, 0.5) is 18.9 Å². The van der Waals surface area contributed by atoms with Crippen LogP contribution in [0.5, 0.6) is 0 Å². The van der Waals surface area contributed by atoms with Crippen LogP contribution in [0.2, 0.25) is 5.15 Å². The molecule has 1 aromatic carbocycles. The third-order valence-electron chi connectivity index (χ3n) is 2.11. The molecule has 0 unspecified atom stereocenters. The first kappa shape index (κ1) is 13.3. The van der Waals surface area contributed by atoms with Gasteiger partial charge in [-0.3, -0.25) is 4.79 Å². The molecule has 0 aliphatic heterocycles. The van der Waals surface area contributed by atoms with Crippen molar-refractivity contribution in [2.75, 3.05) is 5.32 Å². The highest BCUT2D eigenvalue weighted by molar-refractivity contribution is 6.29. The average molecular weight is 288 g/mol. The number of halogens is 4. The van der Waals surface area contributed by atoms with Gasteiger partial charge >= 0.3 is 0 Å². The van der Waals surface area contributed by atoms with Crippen molar-refractivity contribution in [2.24, 2.45) is 0 Å². The number of nitrogens with zero attached hydrogens (tertiary/aromatic N) is 2. The summed E-state index contributed by atoms with van der Waals surface area (Å²) < 4.78 is 39.2. The van der Waals surface area contributed by atoms with Crippen LogP contribution in [-0.4, -0.2) is 16.1 Å². The number of hydrogen-bond donors (Lipinski definition) is 1. The summed E-state index contributed by atoms with van der Waals surface area (Å²) in [4.78, 5) is 11.6. The molecule has 1 aromatic heterocycles. The summed E-state index contributed by atoms with van der Waals surface area (Å²) in [5.41, 5.74) is -0.798. The van der Waals surface area contributed by atoms with Gasteiger partial charge in [-0.25, -0.2) is 13.2 Å². The second-order valence-corrected chi connectivity index (χ2v) is 3.83. The quantitative estimate of drug-likeness (QED) is 0.864. The largest absolute Gasteiger partial charge is 0.318 e. The molecule has 0 saturated carbocycles. The standard InChI is InChI=1S/C11H5ClF3N3O/c12-9-2-1-7(17-18-9)11(19)16-8-4-5(13)3-6(14)10(8)15/h1-4H,(H,16,19). The molecular weight excluding hydrogens is 283 g/mol. The molecule has 0 saturated heterocycles. The minimum Gasteiger partial charge on any atom is -0.318 e. The van der Waals surface area contributed by atoms with E-state index in [0.29, 0.717) is 12.1 Å². The summed E-state index contributed by atoms with van der Waals surface area (Å²) in [5, 5.41) is 8.91. The first-order valence-electron chi connectivity index (χ1n) is 4.92. The van der Waals surface area contributed by atoms with E-state index < -0.39 is 29.0 Å². The van der Waals surface area contributed by atoms with Crippen LogP contribution in [0, 0.1) is 17.5 Å². The number of nitrogens with one attached hydrogen (secondary N) is 1. The van der Waals surface area contributed by atoms with E-state index in [1.165, 1.54) is 12.1 Å². The van der Waals surface area contributed by atoms with Crippen LogP contribution in [0.15, 0.2) is 24.3 Å². The molecule has 1 heterocycles. The second kappa shape index (κ2) is 5.23. The zero-order chi connectivity index (χ0) is 14.0. The van der Waals surface area contributed by atoms with Gasteiger partial charge in [0.15, 0.2) is 22.5 Å². The molecular formula is C11H5ClF3N3O. The molecule has 1 amide bonds. The summed E-state index contributed by atoms with van der Waals surface area (Å²) in [7, 11) is 0. The van der Waals surface area contributed by atoms with Crippen molar-refractivity contribution in [1.82, 2.24) is 10.2 Å². The highest BCUT2D eigenvalue weighted by Crippen LogP contribution is 2.19. The molecule has 0 fully saturated rings. The average Bonchev–Trinajstić information content (AvgIpc) is 2.36. The predicted octanol–water partition coefficient (Wildman–Crippen LogP) is 2.80. The summed E-state index contributed by atoms with van der Waals surface area (Å²) >= 11 is 5.48. The molecule has 0 atom stereocenters. The molecule has 0 aliphatic rings. The maximum absolute atomic E-state index is 13.3. The number of amides is 1. The van der Waals surface area contributed by atoms with Crippen molar-refractivity contribution in [1.29, 1.82) is 0 Å². The van der Waals surface area contributed by atoms with Gasteiger partial charge < -0.3 is 5.32 Å². The number of rotatable bonds is 2. The van der Waals surface area contributed by atoms with Crippen molar-refractivity contribution in [3.8, 4) is 0 Å². The van der Waals surface area contributed by atoms with Crippen LogP contribution in [0.25, 0.3) is 0 Å². The van der Waals surface area contributed by atoms with Gasteiger partial charge in [0.1, 0.15) is 5.82 Å². The Labute approximate surface area is 110 Å². The van der Waals surface area contributed by atoms with Gasteiger partial charge in [-0.15, -0.1) is 10.2 Å². The Morgan fingerprint density at radius 1 is 1.16 bits per heavy atom. The van der Waals surface area contributed by atoms with Crippen LogP contribution in [-0.2, 0) is 0 Å². The second-order valence-electron chi connectivity index (χ2n) is 3.44. The van der Waals surface area contributed by atoms with E-state index in [1.807, 2.05) is 5.32 Å². The fourth-order valence-corrected chi connectivity index (χ4v) is 1.37. The molecule has 1 N–H and O–H groups in total. The van der Waals surface area contributed by atoms with Crippen LogP contribution < -0.4 is 5.32 Å². The molecule has 0 radical (unpaired) electrons. The van der Waals surface area contributed by atoms with Gasteiger partial charge in [-0.05, 0) is 12.1 Å². The highest BCUT2D eigenvalue weighted by atomic mass is 35.5. The number of hydrogen-bond acceptors (Lipinski definition) is 3. The van der Waals surface area contributed by atoms with Gasteiger partial charge in [0.05, 0.1) is 5.69 Å². The zero-order valence-electron chi connectivity index (χ0n) is 9.12. The molecule has 98 valence electrons. The monoisotopic (exact) mass is 287 g/mol. The summed E-state index contributed by atoms with van der Waals surface area (Å²) in [6, 6.07) is 3.55. The van der Waals surface area contributed by atoms with Crippen molar-refractivity contribution in [3.05, 3.63) is 52.6 Å². The molecule has 2 rings (SSSR count). The van der Waals surface area contributed by atoms with Gasteiger partial charge in [0.2, 0.25) is 0 Å². The SMILES string of the molecule is O=C(Nc1cc(F)cc(F)c1F)c1ccc(Cl)nn1. The van der Waals surface area contributed by atoms with E-state index in [0.717, 1.165) is 0 Å². The topological polar surface area (TPSA) is 54.9 Å². The zero-order valence-corrected chi connectivity index (χ0v) is 9.88. The van der Waals surface area contributed by atoms with Crippen LogP contribution in [0.3, 0.4) is 0 Å². The lowest BCUT2D eigenvalue weighted by Gasteiger charge is -2.06. The Morgan fingerprint density at radius 3 is 2.53 bits per heavy atom. The maximum Gasteiger partial charge on any atom is 0.276 e. The fourth-order valence-electron chi connectivity index (χ4n) is 1.27. The van der Waals surface area contributed by atoms with E-state index >= 15 is 0 Å². The van der Waals surface area contributed by atoms with Gasteiger partial charge in [0, 0.05) is 12.1 Å². The molecule has 0 bridgehead atoms. The number of anilines is 1. The fraction of sp³-hybridized carbons (Fsp3) is 0. The van der Waals surface area contributed by atoms with Gasteiger partial charge in [-0.2, -0.15) is 0 Å². The van der Waals surface area contributed by atoms with E-state index in [-0.39, 0.29) is 10.8 Å². The third-order valence-corrected chi connectivity index (χ3v) is 2.31. The van der Waals surface area contributed by atoms with Gasteiger partial charge in [0.25, 0.3) is 5.91 Å². The molecule has 0 aliphatic carbocycles. The molecule has 4 nitrogen and oxygen atoms in total. The molecule has 0 spiro atoms. The first-order chi connectivity index (χ1) is 8.97. The van der Waals surface area contributed by atoms with Crippen molar-refractivity contribution in [3.63, 3.8) is 0 Å². The molecule has 2 aromatic rings. The number of carbonyl (C=O) groups is 1. The van der Waals surface area contributed by atoms with E-state index in [4.69, 9.17) is 11.6 Å². The van der Waals surface area contributed by atoms with Crippen molar-refractivity contribution >= 4 is 23.2 Å². The van der Waals surface area contributed by atoms with Gasteiger partial charge in [-0.1, -0.05) is 11.6 Å². The number of carbonyl (C=O) groups excluding carboxylic acids is 1. The summed E-state index contributed by atoms with van der Waals surface area (Å²) in [6.07, 6.45) is 0. The Kier molecular flexibility index (Phi) is 3.66. The first-order valence-corrected chi connectivity index (χ1v) is 5.30. The number of benzene rings is 1. The Hall–Kier alpha value is -2.15. The molecule has 19 heavy (non-hydrogen) atoms. The summed E-state index contributed by atoms with van der Waals surface area (Å²) in [5.74, 6) is -4.65. The lowest BCUT2D eigenvalue weighted by Crippen LogP contribution is -2.15. The third kappa shape index (κ3) is 3.00. The number of aromatic nitrogens is 2. The Bertz CT molecular complexity index is 634. The lowest BCUT2D eigenvalue weighted by molar-refractivity contribution is 0.102. The van der Waals surface area contributed by atoms with Crippen molar-refractivity contribution < 1.29 is 18.0 Å². The minimum atomic E-state index is -1.41. The Balaban J connectivity index is 2.26. The smallest absolute Gasteiger partial charge is 0.276 e. The van der Waals surface area contributed by atoms with Crippen LogP contribution >= 0.6 is 11.6 Å². The molecule has 8 heteroatoms. The normalized spacial score (nSPS) is 10.3. The van der Waals surface area contributed by atoms with E-state index in [2.05, 4.69) is 10.2 Å². The van der Waals surface area contributed by atoms with E-state index in [9.17, 15) is 18.0 Å². The van der Waals surface area contributed by atoms with E-state index in [1.54, 1.807) is 0 Å². The summed E-state index contributed by atoms with van der Waals surface area (Å²) in [6.45, 7) is 0. The Morgan fingerprint density at radius 2 is 1.89 bits per heavy atom. The minimum absolute atomic E-state index is 0.0690. The van der Waals surface area contributed by atoms with Crippen molar-refractivity contribution in [2.45, 2.75) is 0 Å². The lowest BCUT2D eigenvalue weighted by atomic mass is 10.2. The highest BCUT2D eigenvalue weighted by Gasteiger charge is 2.15. The predicted molar refractivity (Wildman–Crippen MR) is 61.3 cm³/mol.